The number of amides is 2. The largest absolute Gasteiger partial charge is 0.477 e. The van der Waals surface area contributed by atoms with Gasteiger partial charge in [-0.3, -0.25) is 9.59 Å². The summed E-state index contributed by atoms with van der Waals surface area (Å²) in [7, 11) is 0. The second-order valence-corrected chi connectivity index (χ2v) is 7.70. The van der Waals surface area contributed by atoms with Crippen LogP contribution in [0.4, 0.5) is 10.1 Å². The fourth-order valence-electron chi connectivity index (χ4n) is 3.61. The van der Waals surface area contributed by atoms with Gasteiger partial charge < -0.3 is 20.3 Å². The number of hydrogen-bond acceptors (Lipinski definition) is 4. The van der Waals surface area contributed by atoms with Crippen molar-refractivity contribution in [1.82, 2.24) is 10.6 Å². The van der Waals surface area contributed by atoms with Crippen LogP contribution in [0.3, 0.4) is 0 Å². The van der Waals surface area contributed by atoms with Gasteiger partial charge in [-0.1, -0.05) is 38.1 Å². The van der Waals surface area contributed by atoms with Crippen LogP contribution in [0.25, 0.3) is 0 Å². The Morgan fingerprint density at radius 2 is 1.84 bits per heavy atom. The minimum atomic E-state index is -0.678. The number of benzene rings is 2. The molecule has 1 atom stereocenters. The normalized spacial score (nSPS) is 15.2. The van der Waals surface area contributed by atoms with E-state index in [4.69, 9.17) is 4.74 Å². The van der Waals surface area contributed by atoms with Crippen LogP contribution in [0.2, 0.25) is 0 Å². The number of halogens is 1. The number of hydrogen-bond donors (Lipinski definition) is 2. The SMILES string of the molecule is CCC(CC)NC(=O)C1CN(CC(=O)NCCc2ccc(F)cc2)c2ccccc2O1. The van der Waals surface area contributed by atoms with Gasteiger partial charge in [-0.15, -0.1) is 0 Å². The maximum atomic E-state index is 13.0. The molecule has 1 aliphatic rings. The molecule has 0 radical (unpaired) electrons. The van der Waals surface area contributed by atoms with E-state index in [0.29, 0.717) is 25.3 Å². The monoisotopic (exact) mass is 427 g/mol. The molecule has 1 unspecified atom stereocenters. The maximum absolute atomic E-state index is 13.0. The molecule has 0 spiro atoms. The van der Waals surface area contributed by atoms with Crippen LogP contribution in [0, 0.1) is 5.82 Å². The number of anilines is 1. The number of carbonyl (C=O) groups excluding carboxylic acids is 2. The van der Waals surface area contributed by atoms with Crippen LogP contribution >= 0.6 is 0 Å². The molecule has 2 aromatic rings. The molecule has 0 bridgehead atoms. The summed E-state index contributed by atoms with van der Waals surface area (Å²) in [5.74, 6) is 0.0157. The molecule has 0 saturated carbocycles. The Hall–Kier alpha value is -3.09. The fourth-order valence-corrected chi connectivity index (χ4v) is 3.61. The molecule has 0 saturated heterocycles. The van der Waals surface area contributed by atoms with Crippen molar-refractivity contribution in [1.29, 1.82) is 0 Å². The van der Waals surface area contributed by atoms with Crippen molar-refractivity contribution in [3.8, 4) is 5.75 Å². The topological polar surface area (TPSA) is 70.7 Å². The van der Waals surface area contributed by atoms with Crippen LogP contribution in [-0.4, -0.2) is 43.6 Å². The van der Waals surface area contributed by atoms with E-state index in [-0.39, 0.29) is 30.2 Å². The van der Waals surface area contributed by atoms with Gasteiger partial charge in [-0.25, -0.2) is 4.39 Å². The van der Waals surface area contributed by atoms with Crippen LogP contribution in [0.5, 0.6) is 5.75 Å². The molecule has 1 aliphatic heterocycles. The molecule has 2 N–H and O–H groups in total. The Balaban J connectivity index is 1.59. The molecule has 0 aromatic heterocycles. The highest BCUT2D eigenvalue weighted by Gasteiger charge is 2.32. The zero-order valence-electron chi connectivity index (χ0n) is 18.1. The van der Waals surface area contributed by atoms with Gasteiger partial charge in [0.2, 0.25) is 5.91 Å². The lowest BCUT2D eigenvalue weighted by Crippen LogP contribution is -2.52. The van der Waals surface area contributed by atoms with E-state index in [9.17, 15) is 14.0 Å². The first-order chi connectivity index (χ1) is 15.0. The quantitative estimate of drug-likeness (QED) is 0.645. The van der Waals surface area contributed by atoms with Gasteiger partial charge in [-0.2, -0.15) is 0 Å². The van der Waals surface area contributed by atoms with Crippen LogP contribution in [0.15, 0.2) is 48.5 Å². The molecule has 3 rings (SSSR count). The Morgan fingerprint density at radius 1 is 1.13 bits per heavy atom. The number of para-hydroxylation sites is 2. The number of fused-ring (bicyclic) bond motifs is 1. The average molecular weight is 428 g/mol. The van der Waals surface area contributed by atoms with Gasteiger partial charge in [-0.05, 0) is 49.1 Å². The Labute approximate surface area is 182 Å². The van der Waals surface area contributed by atoms with E-state index in [0.717, 1.165) is 24.1 Å². The molecule has 6 nitrogen and oxygen atoms in total. The first-order valence-corrected chi connectivity index (χ1v) is 10.8. The predicted molar refractivity (Wildman–Crippen MR) is 119 cm³/mol. The zero-order valence-corrected chi connectivity index (χ0v) is 18.1. The molecule has 0 fully saturated rings. The van der Waals surface area contributed by atoms with Crippen LogP contribution < -0.4 is 20.3 Å². The summed E-state index contributed by atoms with van der Waals surface area (Å²) in [4.78, 5) is 27.2. The fraction of sp³-hybridized carbons (Fsp3) is 0.417. The van der Waals surface area contributed by atoms with E-state index >= 15 is 0 Å². The summed E-state index contributed by atoms with van der Waals surface area (Å²) in [6.07, 6.45) is 1.64. The lowest BCUT2D eigenvalue weighted by molar-refractivity contribution is -0.129. The lowest BCUT2D eigenvalue weighted by Gasteiger charge is -2.35. The molecule has 1 heterocycles. The minimum absolute atomic E-state index is 0.108. The Bertz CT molecular complexity index is 884. The second kappa shape index (κ2) is 10.8. The third-order valence-corrected chi connectivity index (χ3v) is 5.47. The van der Waals surface area contributed by atoms with Gasteiger partial charge in [0.1, 0.15) is 11.6 Å². The van der Waals surface area contributed by atoms with Crippen LogP contribution in [-0.2, 0) is 16.0 Å². The third-order valence-electron chi connectivity index (χ3n) is 5.47. The molecular formula is C24H30FN3O3. The highest BCUT2D eigenvalue weighted by atomic mass is 19.1. The lowest BCUT2D eigenvalue weighted by atomic mass is 10.1. The maximum Gasteiger partial charge on any atom is 0.263 e. The van der Waals surface area contributed by atoms with E-state index < -0.39 is 6.10 Å². The van der Waals surface area contributed by atoms with Crippen molar-refractivity contribution in [3.63, 3.8) is 0 Å². The van der Waals surface area contributed by atoms with Crippen molar-refractivity contribution >= 4 is 17.5 Å². The van der Waals surface area contributed by atoms with Crippen molar-refractivity contribution in [2.24, 2.45) is 0 Å². The standard InChI is InChI=1S/C24H30FN3O3/c1-3-19(4-2)27-24(30)22-15-28(20-7-5-6-8-21(20)31-22)16-23(29)26-14-13-17-9-11-18(25)12-10-17/h5-12,19,22H,3-4,13-16H2,1-2H3,(H,26,29)(H,27,30). The highest BCUT2D eigenvalue weighted by Crippen LogP contribution is 2.32. The molecular weight excluding hydrogens is 397 g/mol. The summed E-state index contributed by atoms with van der Waals surface area (Å²) in [6, 6.07) is 13.8. The number of ether oxygens (including phenoxy) is 1. The number of nitrogens with one attached hydrogen (secondary N) is 2. The average Bonchev–Trinajstić information content (AvgIpc) is 2.78. The first-order valence-electron chi connectivity index (χ1n) is 10.8. The highest BCUT2D eigenvalue weighted by molar-refractivity contribution is 5.86. The first kappa shape index (κ1) is 22.6. The Morgan fingerprint density at radius 3 is 2.55 bits per heavy atom. The van der Waals surface area contributed by atoms with Gasteiger partial charge in [0, 0.05) is 12.6 Å². The molecule has 7 heteroatoms. The van der Waals surface area contributed by atoms with E-state index in [1.54, 1.807) is 12.1 Å². The van der Waals surface area contributed by atoms with Crippen molar-refractivity contribution in [2.75, 3.05) is 24.5 Å². The van der Waals surface area contributed by atoms with Gasteiger partial charge in [0.15, 0.2) is 6.10 Å². The van der Waals surface area contributed by atoms with E-state index in [2.05, 4.69) is 10.6 Å². The third kappa shape index (κ3) is 6.20. The molecule has 31 heavy (non-hydrogen) atoms. The minimum Gasteiger partial charge on any atom is -0.477 e. The Kier molecular flexibility index (Phi) is 7.87. The number of nitrogens with zero attached hydrogens (tertiary/aromatic N) is 1. The zero-order chi connectivity index (χ0) is 22.2. The summed E-state index contributed by atoms with van der Waals surface area (Å²) in [5, 5.41) is 5.93. The van der Waals surface area contributed by atoms with Crippen molar-refractivity contribution < 1.29 is 18.7 Å². The number of rotatable bonds is 9. The van der Waals surface area contributed by atoms with Gasteiger partial charge in [0.25, 0.3) is 5.91 Å². The van der Waals surface area contributed by atoms with Gasteiger partial charge >= 0.3 is 0 Å². The van der Waals surface area contributed by atoms with Crippen molar-refractivity contribution in [3.05, 3.63) is 59.9 Å². The van der Waals surface area contributed by atoms with Crippen LogP contribution in [0.1, 0.15) is 32.3 Å². The van der Waals surface area contributed by atoms with E-state index in [1.807, 2.05) is 43.0 Å². The summed E-state index contributed by atoms with van der Waals surface area (Å²) in [6.45, 7) is 4.95. The van der Waals surface area contributed by atoms with Crippen molar-refractivity contribution in [2.45, 2.75) is 45.3 Å². The molecule has 2 aromatic carbocycles. The summed E-state index contributed by atoms with van der Waals surface area (Å²) >= 11 is 0. The number of carbonyl (C=O) groups is 2. The molecule has 166 valence electrons. The predicted octanol–water partition coefficient (Wildman–Crippen LogP) is 3.06. The summed E-state index contributed by atoms with van der Waals surface area (Å²) < 4.78 is 18.9. The second-order valence-electron chi connectivity index (χ2n) is 7.70. The molecule has 0 aliphatic carbocycles. The van der Waals surface area contributed by atoms with E-state index in [1.165, 1.54) is 12.1 Å². The molecule has 2 amide bonds. The summed E-state index contributed by atoms with van der Waals surface area (Å²) in [5.41, 5.74) is 1.75. The van der Waals surface area contributed by atoms with Gasteiger partial charge in [0.05, 0.1) is 18.8 Å². The smallest absolute Gasteiger partial charge is 0.263 e.